The molecule has 1 nitrogen and oxygen atoms in total. The lowest BCUT2D eigenvalue weighted by atomic mass is 10.0. The Balaban J connectivity index is 3.21. The molecular weight excluding hydrogens is 172 g/mol. The first-order chi connectivity index (χ1) is 5.52. The standard InChI is InChI=1S/C10H13ClO/c1-6-4-9(8(3)12)5-10(11)7(6)2/h4-5,8,12H,1-3H3. The van der Waals surface area contributed by atoms with Crippen LogP contribution >= 0.6 is 11.6 Å². The summed E-state index contributed by atoms with van der Waals surface area (Å²) in [6.45, 7) is 5.71. The molecule has 1 atom stereocenters. The van der Waals surface area contributed by atoms with Gasteiger partial charge in [0, 0.05) is 5.02 Å². The zero-order chi connectivity index (χ0) is 9.30. The second-order valence-corrected chi connectivity index (χ2v) is 3.53. The molecule has 0 radical (unpaired) electrons. The summed E-state index contributed by atoms with van der Waals surface area (Å²) in [6, 6.07) is 3.78. The zero-order valence-corrected chi connectivity index (χ0v) is 8.31. The van der Waals surface area contributed by atoms with E-state index >= 15 is 0 Å². The molecule has 0 amide bonds. The Hall–Kier alpha value is -0.530. The predicted octanol–water partition coefficient (Wildman–Crippen LogP) is 3.01. The first-order valence-electron chi connectivity index (χ1n) is 3.97. The Morgan fingerprint density at radius 3 is 2.33 bits per heavy atom. The smallest absolute Gasteiger partial charge is 0.0762 e. The lowest BCUT2D eigenvalue weighted by molar-refractivity contribution is 0.199. The van der Waals surface area contributed by atoms with Crippen LogP contribution in [-0.4, -0.2) is 5.11 Å². The van der Waals surface area contributed by atoms with E-state index in [1.807, 2.05) is 26.0 Å². The molecule has 0 aromatic heterocycles. The van der Waals surface area contributed by atoms with Crippen LogP contribution in [0.5, 0.6) is 0 Å². The van der Waals surface area contributed by atoms with E-state index in [2.05, 4.69) is 0 Å². The Morgan fingerprint density at radius 2 is 1.92 bits per heavy atom. The molecule has 1 N–H and O–H groups in total. The van der Waals surface area contributed by atoms with Gasteiger partial charge in [-0.25, -0.2) is 0 Å². The number of aliphatic hydroxyl groups excluding tert-OH is 1. The highest BCUT2D eigenvalue weighted by atomic mass is 35.5. The molecule has 1 rings (SSSR count). The van der Waals surface area contributed by atoms with Crippen molar-refractivity contribution in [2.24, 2.45) is 0 Å². The fourth-order valence-corrected chi connectivity index (χ4v) is 1.36. The summed E-state index contributed by atoms with van der Waals surface area (Å²) in [7, 11) is 0. The third-order valence-corrected chi connectivity index (χ3v) is 2.50. The van der Waals surface area contributed by atoms with Crippen LogP contribution in [0.1, 0.15) is 29.7 Å². The van der Waals surface area contributed by atoms with Gasteiger partial charge in [0.25, 0.3) is 0 Å². The molecule has 0 saturated heterocycles. The van der Waals surface area contributed by atoms with Crippen molar-refractivity contribution in [3.05, 3.63) is 33.8 Å². The molecule has 0 bridgehead atoms. The van der Waals surface area contributed by atoms with Crippen molar-refractivity contribution in [3.8, 4) is 0 Å². The van der Waals surface area contributed by atoms with Crippen molar-refractivity contribution in [3.63, 3.8) is 0 Å². The van der Waals surface area contributed by atoms with Gasteiger partial charge in [0.2, 0.25) is 0 Å². The van der Waals surface area contributed by atoms with Gasteiger partial charge < -0.3 is 5.11 Å². The second-order valence-electron chi connectivity index (χ2n) is 3.12. The van der Waals surface area contributed by atoms with Crippen LogP contribution in [0.2, 0.25) is 5.02 Å². The molecule has 1 unspecified atom stereocenters. The van der Waals surface area contributed by atoms with Crippen LogP contribution in [0.25, 0.3) is 0 Å². The van der Waals surface area contributed by atoms with Crippen molar-refractivity contribution in [1.29, 1.82) is 0 Å². The van der Waals surface area contributed by atoms with Crippen molar-refractivity contribution in [2.45, 2.75) is 26.9 Å². The fourth-order valence-electron chi connectivity index (χ4n) is 1.08. The molecule has 0 fully saturated rings. The fraction of sp³-hybridized carbons (Fsp3) is 0.400. The SMILES string of the molecule is Cc1cc(C(C)O)cc(Cl)c1C. The van der Waals surface area contributed by atoms with Gasteiger partial charge in [-0.05, 0) is 43.5 Å². The van der Waals surface area contributed by atoms with Crippen LogP contribution in [0.4, 0.5) is 0 Å². The van der Waals surface area contributed by atoms with Gasteiger partial charge in [0.1, 0.15) is 0 Å². The monoisotopic (exact) mass is 184 g/mol. The van der Waals surface area contributed by atoms with Gasteiger partial charge in [0.15, 0.2) is 0 Å². The summed E-state index contributed by atoms with van der Waals surface area (Å²) >= 11 is 5.95. The van der Waals surface area contributed by atoms with Crippen molar-refractivity contribution in [2.75, 3.05) is 0 Å². The number of aryl methyl sites for hydroxylation is 1. The maximum atomic E-state index is 9.30. The number of hydrogen-bond acceptors (Lipinski definition) is 1. The van der Waals surface area contributed by atoms with Crippen LogP contribution in [-0.2, 0) is 0 Å². The molecular formula is C10H13ClO. The highest BCUT2D eigenvalue weighted by Gasteiger charge is 2.05. The highest BCUT2D eigenvalue weighted by Crippen LogP contribution is 2.24. The normalized spacial score (nSPS) is 13.1. The summed E-state index contributed by atoms with van der Waals surface area (Å²) in [5.41, 5.74) is 3.09. The van der Waals surface area contributed by atoms with E-state index in [-0.39, 0.29) is 0 Å². The first-order valence-corrected chi connectivity index (χ1v) is 4.35. The minimum Gasteiger partial charge on any atom is -0.389 e. The molecule has 0 spiro atoms. The third kappa shape index (κ3) is 1.79. The van der Waals surface area contributed by atoms with E-state index in [0.29, 0.717) is 0 Å². The zero-order valence-electron chi connectivity index (χ0n) is 7.56. The molecule has 2 heteroatoms. The van der Waals surface area contributed by atoms with E-state index < -0.39 is 6.10 Å². The van der Waals surface area contributed by atoms with Gasteiger partial charge in [0.05, 0.1) is 6.10 Å². The highest BCUT2D eigenvalue weighted by molar-refractivity contribution is 6.31. The second kappa shape index (κ2) is 3.46. The largest absolute Gasteiger partial charge is 0.389 e. The van der Waals surface area contributed by atoms with E-state index in [9.17, 15) is 5.11 Å². The summed E-state index contributed by atoms with van der Waals surface area (Å²) in [5, 5.41) is 10.0. The number of hydrogen-bond donors (Lipinski definition) is 1. The van der Waals surface area contributed by atoms with Gasteiger partial charge in [-0.3, -0.25) is 0 Å². The molecule has 0 aliphatic rings. The van der Waals surface area contributed by atoms with E-state index in [4.69, 9.17) is 11.6 Å². The molecule has 0 heterocycles. The number of benzene rings is 1. The quantitative estimate of drug-likeness (QED) is 0.712. The molecule has 0 saturated carbocycles. The Morgan fingerprint density at radius 1 is 1.33 bits per heavy atom. The average molecular weight is 185 g/mol. The number of rotatable bonds is 1. The molecule has 0 aliphatic heterocycles. The van der Waals surface area contributed by atoms with Crippen molar-refractivity contribution >= 4 is 11.6 Å². The number of aliphatic hydroxyl groups is 1. The van der Waals surface area contributed by atoms with Gasteiger partial charge in [-0.1, -0.05) is 17.7 Å². The van der Waals surface area contributed by atoms with Gasteiger partial charge in [-0.15, -0.1) is 0 Å². The maximum Gasteiger partial charge on any atom is 0.0762 e. The number of halogens is 1. The van der Waals surface area contributed by atoms with Crippen LogP contribution in [0.15, 0.2) is 12.1 Å². The predicted molar refractivity (Wildman–Crippen MR) is 51.6 cm³/mol. The summed E-state index contributed by atoms with van der Waals surface area (Å²) in [5.74, 6) is 0. The molecule has 0 aliphatic carbocycles. The Bertz CT molecular complexity index is 269. The lowest BCUT2D eigenvalue weighted by Gasteiger charge is -2.09. The molecule has 1 aromatic carbocycles. The van der Waals surface area contributed by atoms with E-state index in [0.717, 1.165) is 21.7 Å². The van der Waals surface area contributed by atoms with Crippen molar-refractivity contribution in [1.82, 2.24) is 0 Å². The molecule has 12 heavy (non-hydrogen) atoms. The minimum atomic E-state index is -0.443. The van der Waals surface area contributed by atoms with Crippen molar-refractivity contribution < 1.29 is 5.11 Å². The van der Waals surface area contributed by atoms with Crippen LogP contribution in [0.3, 0.4) is 0 Å². The summed E-state index contributed by atoms with van der Waals surface area (Å²) in [4.78, 5) is 0. The average Bonchev–Trinajstić information content (AvgIpc) is 1.99. The van der Waals surface area contributed by atoms with Gasteiger partial charge in [-0.2, -0.15) is 0 Å². The first kappa shape index (κ1) is 9.56. The lowest BCUT2D eigenvalue weighted by Crippen LogP contribution is -1.93. The van der Waals surface area contributed by atoms with Crippen LogP contribution < -0.4 is 0 Å². The molecule has 66 valence electrons. The van der Waals surface area contributed by atoms with Crippen LogP contribution in [0, 0.1) is 13.8 Å². The third-order valence-electron chi connectivity index (χ3n) is 2.11. The summed E-state index contributed by atoms with van der Waals surface area (Å²) in [6.07, 6.45) is -0.443. The minimum absolute atomic E-state index is 0.443. The Kier molecular flexibility index (Phi) is 2.76. The summed E-state index contributed by atoms with van der Waals surface area (Å²) < 4.78 is 0. The topological polar surface area (TPSA) is 20.2 Å². The molecule has 1 aromatic rings. The van der Waals surface area contributed by atoms with E-state index in [1.54, 1.807) is 6.92 Å². The van der Waals surface area contributed by atoms with E-state index in [1.165, 1.54) is 0 Å². The maximum absolute atomic E-state index is 9.30. The van der Waals surface area contributed by atoms with Gasteiger partial charge >= 0.3 is 0 Å². The Labute approximate surface area is 78.0 Å².